The van der Waals surface area contributed by atoms with Crippen LogP contribution < -0.4 is 0 Å². The molecule has 0 spiro atoms. The number of ether oxygens (including phenoxy) is 2. The molecule has 0 aliphatic rings. The first-order valence-corrected chi connectivity index (χ1v) is 26.0. The molecule has 332 valence electrons. The van der Waals surface area contributed by atoms with Gasteiger partial charge in [-0.05, 0) is 84.0 Å². The van der Waals surface area contributed by atoms with Crippen LogP contribution in [0.1, 0.15) is 180 Å². The third-order valence-corrected chi connectivity index (χ3v) is 15.4. The average molecular weight is 873 g/mol. The fraction of sp³-hybridized carbons (Fsp3) is 0.500. The number of carbonyl (C=O) groups excluding carboxylic acids is 2. The maximum atomic E-state index is 13.4. The van der Waals surface area contributed by atoms with Crippen LogP contribution in [0.2, 0.25) is 0 Å². The molecule has 62 heavy (non-hydrogen) atoms. The molecule has 0 bridgehead atoms. The van der Waals surface area contributed by atoms with Gasteiger partial charge in [0.1, 0.15) is 12.2 Å². The van der Waals surface area contributed by atoms with Gasteiger partial charge in [0.05, 0.1) is 21.2 Å². The Hall–Kier alpha value is -4.00. The van der Waals surface area contributed by atoms with E-state index in [2.05, 4.69) is 126 Å². The Labute approximate surface area is 380 Å². The van der Waals surface area contributed by atoms with E-state index in [1.165, 1.54) is 90.4 Å². The van der Waals surface area contributed by atoms with E-state index in [0.717, 1.165) is 88.2 Å². The van der Waals surface area contributed by atoms with Crippen molar-refractivity contribution in [1.29, 1.82) is 0 Å². The summed E-state index contributed by atoms with van der Waals surface area (Å²) in [6.45, 7) is 13.1. The number of unbranched alkanes of at least 4 members (excludes halogenated alkanes) is 8. The lowest BCUT2D eigenvalue weighted by Crippen LogP contribution is -2.20. The van der Waals surface area contributed by atoms with Gasteiger partial charge in [-0.15, -0.1) is 22.7 Å². The minimum absolute atomic E-state index is 0.00111. The Morgan fingerprint density at radius 3 is 1.15 bits per heavy atom. The predicted molar refractivity (Wildman–Crippen MR) is 267 cm³/mol. The van der Waals surface area contributed by atoms with E-state index in [1.54, 1.807) is 0 Å². The maximum Gasteiger partial charge on any atom is 0.309 e. The second kappa shape index (κ2) is 24.2. The summed E-state index contributed by atoms with van der Waals surface area (Å²) in [6.07, 6.45) is 18.6. The van der Waals surface area contributed by atoms with E-state index >= 15 is 0 Å². The first kappa shape index (κ1) is 47.5. The van der Waals surface area contributed by atoms with Crippen LogP contribution in [0.3, 0.4) is 0 Å². The van der Waals surface area contributed by atoms with Crippen molar-refractivity contribution in [1.82, 2.24) is 0 Å². The molecular weight excluding hydrogens is 801 g/mol. The van der Waals surface area contributed by atoms with Crippen LogP contribution in [-0.2, 0) is 19.1 Å². The van der Waals surface area contributed by atoms with Crippen LogP contribution in [-0.4, -0.2) is 11.9 Å². The molecule has 0 aliphatic heterocycles. The Morgan fingerprint density at radius 1 is 0.435 bits per heavy atom. The van der Waals surface area contributed by atoms with Gasteiger partial charge in [0.2, 0.25) is 0 Å². The molecule has 2 aromatic heterocycles. The average Bonchev–Trinajstić information content (AvgIpc) is 3.84. The van der Waals surface area contributed by atoms with E-state index < -0.39 is 0 Å². The molecule has 6 aromatic rings. The van der Waals surface area contributed by atoms with Crippen LogP contribution in [0.15, 0.2) is 84.9 Å². The third kappa shape index (κ3) is 12.2. The highest BCUT2D eigenvalue weighted by Crippen LogP contribution is 2.46. The van der Waals surface area contributed by atoms with Crippen LogP contribution in [0.5, 0.6) is 0 Å². The van der Waals surface area contributed by atoms with Gasteiger partial charge in [-0.2, -0.15) is 0 Å². The topological polar surface area (TPSA) is 52.6 Å². The zero-order valence-electron chi connectivity index (χ0n) is 38.6. The fourth-order valence-electron chi connectivity index (χ4n) is 8.94. The molecule has 2 heterocycles. The first-order chi connectivity index (χ1) is 30.3. The van der Waals surface area contributed by atoms with Gasteiger partial charge in [-0.25, -0.2) is 0 Å². The minimum atomic E-state index is -0.223. The van der Waals surface area contributed by atoms with Gasteiger partial charge in [0.15, 0.2) is 0 Å². The number of hydrogen-bond acceptors (Lipinski definition) is 6. The molecule has 6 rings (SSSR count). The summed E-state index contributed by atoms with van der Waals surface area (Å²) in [4.78, 5) is 26.8. The molecule has 4 nitrogen and oxygen atoms in total. The third-order valence-electron chi connectivity index (χ3n) is 12.9. The largest absolute Gasteiger partial charge is 0.457 e. The van der Waals surface area contributed by atoms with Crippen molar-refractivity contribution in [3.63, 3.8) is 0 Å². The van der Waals surface area contributed by atoms with Crippen molar-refractivity contribution in [2.45, 2.75) is 169 Å². The molecular formula is C56H72O4S2. The molecule has 0 N–H and O–H groups in total. The van der Waals surface area contributed by atoms with Crippen molar-refractivity contribution in [2.75, 3.05) is 0 Å². The molecule has 0 amide bonds. The van der Waals surface area contributed by atoms with E-state index in [9.17, 15) is 9.59 Å². The molecule has 4 unspecified atom stereocenters. The Kier molecular flexibility index (Phi) is 18.5. The minimum Gasteiger partial charge on any atom is -0.457 e. The van der Waals surface area contributed by atoms with E-state index in [4.69, 9.17) is 9.47 Å². The van der Waals surface area contributed by atoms with E-state index in [0.29, 0.717) is 0 Å². The summed E-state index contributed by atoms with van der Waals surface area (Å²) in [6, 6.07) is 31.0. The highest BCUT2D eigenvalue weighted by Gasteiger charge is 2.25. The second-order valence-electron chi connectivity index (χ2n) is 17.6. The second-order valence-corrected chi connectivity index (χ2v) is 19.7. The van der Waals surface area contributed by atoms with Gasteiger partial charge in [0.25, 0.3) is 0 Å². The molecule has 0 radical (unpaired) electrons. The van der Waals surface area contributed by atoms with Crippen molar-refractivity contribution in [2.24, 2.45) is 11.8 Å². The van der Waals surface area contributed by atoms with Crippen molar-refractivity contribution in [3.8, 4) is 22.3 Å². The summed E-state index contributed by atoms with van der Waals surface area (Å²) in [5.74, 6) is -0.0405. The number of rotatable bonds is 26. The number of hydrogen-bond donors (Lipinski definition) is 0. The summed E-state index contributed by atoms with van der Waals surface area (Å²) in [7, 11) is 0. The summed E-state index contributed by atoms with van der Waals surface area (Å²) in [5.41, 5.74) is 6.86. The van der Waals surface area contributed by atoms with E-state index in [-0.39, 0.29) is 36.0 Å². The van der Waals surface area contributed by atoms with Gasteiger partial charge in [-0.1, -0.05) is 191 Å². The standard InChI is InChI=1S/C56H72O4S2/c1-7-13-17-19-23-43(21-15-9-3)55(57)59-49(11-5)41-29-25-39(26-30-41)45-33-35-47-51(37-45)61-54-48-36-34-46(38-52(48)62-53(47)54)40-27-31-42(32-28-40)50(12-6)60-56(58)44(22-16-10-4)24-20-18-14-8-2/h25-38,43-44,49-50H,7-24H2,1-6H3. The molecule has 0 saturated carbocycles. The molecule has 4 aromatic carbocycles. The monoisotopic (exact) mass is 872 g/mol. The lowest BCUT2D eigenvalue weighted by Gasteiger charge is -2.22. The molecule has 0 aliphatic carbocycles. The number of thiophene rings is 2. The van der Waals surface area contributed by atoms with Crippen LogP contribution in [0, 0.1) is 11.8 Å². The van der Waals surface area contributed by atoms with Crippen molar-refractivity contribution >= 4 is 64.2 Å². The van der Waals surface area contributed by atoms with Gasteiger partial charge >= 0.3 is 11.9 Å². The SMILES string of the molecule is CCCCCCC(CCCC)C(=O)OC(CC)c1ccc(-c2ccc3c(c2)sc2c4ccc(-c5ccc(C(CC)OC(=O)C(CCCC)CCCCCC)cc5)cc4sc32)cc1. The maximum absolute atomic E-state index is 13.4. The molecule has 4 atom stereocenters. The zero-order valence-corrected chi connectivity index (χ0v) is 40.2. The lowest BCUT2D eigenvalue weighted by molar-refractivity contribution is -0.156. The fourth-order valence-corrected chi connectivity index (χ4v) is 11.7. The van der Waals surface area contributed by atoms with E-state index in [1.807, 2.05) is 22.7 Å². The Balaban J connectivity index is 1.12. The molecule has 0 saturated heterocycles. The van der Waals surface area contributed by atoms with Crippen molar-refractivity contribution in [3.05, 3.63) is 96.1 Å². The first-order valence-electron chi connectivity index (χ1n) is 24.3. The quantitative estimate of drug-likeness (QED) is 0.0402. The predicted octanol–water partition coefficient (Wildman–Crippen LogP) is 18.1. The Morgan fingerprint density at radius 2 is 0.790 bits per heavy atom. The normalized spacial score (nSPS) is 13.7. The Bertz CT molecular complexity index is 2140. The van der Waals surface area contributed by atoms with Crippen molar-refractivity contribution < 1.29 is 19.1 Å². The lowest BCUT2D eigenvalue weighted by atomic mass is 9.95. The zero-order chi connectivity index (χ0) is 43.8. The highest BCUT2D eigenvalue weighted by atomic mass is 32.1. The van der Waals surface area contributed by atoms with Gasteiger partial charge in [-0.3, -0.25) is 9.59 Å². The molecule has 0 fully saturated rings. The van der Waals surface area contributed by atoms with Crippen LogP contribution in [0.25, 0.3) is 51.8 Å². The number of esters is 2. The van der Waals surface area contributed by atoms with Crippen LogP contribution in [0.4, 0.5) is 0 Å². The number of benzene rings is 4. The van der Waals surface area contributed by atoms with Crippen LogP contribution >= 0.6 is 22.7 Å². The highest BCUT2D eigenvalue weighted by molar-refractivity contribution is 7.36. The smallest absolute Gasteiger partial charge is 0.309 e. The number of carbonyl (C=O) groups is 2. The van der Waals surface area contributed by atoms with Gasteiger partial charge < -0.3 is 9.47 Å². The number of fused-ring (bicyclic) bond motifs is 5. The van der Waals surface area contributed by atoms with Gasteiger partial charge in [0, 0.05) is 20.2 Å². The summed E-state index contributed by atoms with van der Waals surface area (Å²) >= 11 is 3.76. The molecule has 6 heteroatoms. The summed E-state index contributed by atoms with van der Waals surface area (Å²) in [5, 5.41) is 2.61. The summed E-state index contributed by atoms with van der Waals surface area (Å²) < 4.78 is 17.7.